The summed E-state index contributed by atoms with van der Waals surface area (Å²) >= 11 is 0. The van der Waals surface area contributed by atoms with Crippen LogP contribution in [0.5, 0.6) is 0 Å². The monoisotopic (exact) mass is 612 g/mol. The second-order valence-electron chi connectivity index (χ2n) is 9.16. The zero-order valence-corrected chi connectivity index (χ0v) is 25.9. The van der Waals surface area contributed by atoms with E-state index in [1.54, 1.807) is 24.3 Å². The smallest absolute Gasteiger partial charge is 0.124 e. The molecule has 0 saturated carbocycles. The van der Waals surface area contributed by atoms with E-state index in [9.17, 15) is 25.9 Å². The first kappa shape index (κ1) is 36.5. The molecule has 0 fully saturated rings. The lowest BCUT2D eigenvalue weighted by molar-refractivity contribution is -0.368. The molecule has 0 amide bonds. The van der Waals surface area contributed by atoms with E-state index in [-0.39, 0.29) is 9.79 Å². The van der Waals surface area contributed by atoms with E-state index in [1.807, 2.05) is 0 Å². The van der Waals surface area contributed by atoms with Gasteiger partial charge in [-0.2, -0.15) is 0 Å². The molecule has 0 heterocycles. The Labute approximate surface area is 251 Å². The molecule has 3 aromatic rings. The van der Waals surface area contributed by atoms with Crippen molar-refractivity contribution in [1.29, 1.82) is 0 Å². The molecule has 0 spiro atoms. The maximum Gasteiger partial charge on any atom is 0.124 e. The lowest BCUT2D eigenvalue weighted by Gasteiger charge is -2.05. The van der Waals surface area contributed by atoms with Crippen molar-refractivity contribution in [3.8, 4) is 23.7 Å². The molecule has 42 heavy (non-hydrogen) atoms. The zero-order chi connectivity index (χ0) is 31.4. The molecule has 0 bridgehead atoms. The van der Waals surface area contributed by atoms with Crippen molar-refractivity contribution >= 4 is 20.2 Å². The molecule has 0 aliphatic carbocycles. The Morgan fingerprint density at radius 3 is 0.905 bits per heavy atom. The molecule has 0 radical (unpaired) electrons. The third-order valence-corrected chi connectivity index (χ3v) is 7.28. The van der Waals surface area contributed by atoms with Gasteiger partial charge in [-0.1, -0.05) is 50.4 Å². The third kappa shape index (κ3) is 15.5. The first-order valence-electron chi connectivity index (χ1n) is 13.8. The van der Waals surface area contributed by atoms with Gasteiger partial charge in [0.05, 0.1) is 22.9 Å². The van der Waals surface area contributed by atoms with Crippen LogP contribution in [0.2, 0.25) is 0 Å². The SMILES string of the molecule is CCCCC[NH3+].CCCCC[NH3+].O=S(=O)([O-])c1ccc(C#Cc2ccc(C#Cc3ccc(S(=O)(=O)[O-])cc3)cc2)cc1. The van der Waals surface area contributed by atoms with Crippen LogP contribution in [0, 0.1) is 23.7 Å². The second kappa shape index (κ2) is 19.6. The quantitative estimate of drug-likeness (QED) is 0.225. The molecule has 3 rings (SSSR count). The Balaban J connectivity index is 0.000000618. The maximum absolute atomic E-state index is 10.9. The summed E-state index contributed by atoms with van der Waals surface area (Å²) in [5.74, 6) is 11.6. The van der Waals surface area contributed by atoms with Crippen LogP contribution in [0.25, 0.3) is 0 Å². The number of quaternary nitrogens is 2. The Morgan fingerprint density at radius 1 is 0.500 bits per heavy atom. The standard InChI is InChI=1S/C22H14O6S2.2C5H13N/c23-29(24,25)21-13-9-19(10-14-21)7-5-17-1-2-18(4-3-17)6-8-20-11-15-22(16-12-20)30(26,27)28;2*1-2-3-4-5-6/h1-4,9-16H,(H,23,24,25)(H,26,27,28);2*2-6H2,1H3. The third-order valence-electron chi connectivity index (χ3n) is 5.58. The van der Waals surface area contributed by atoms with Gasteiger partial charge in [0.15, 0.2) is 0 Å². The van der Waals surface area contributed by atoms with Gasteiger partial charge in [0.1, 0.15) is 20.2 Å². The van der Waals surface area contributed by atoms with Crippen LogP contribution in [0.1, 0.15) is 74.6 Å². The number of rotatable bonds is 8. The molecule has 0 atom stereocenters. The van der Waals surface area contributed by atoms with Crippen molar-refractivity contribution in [1.82, 2.24) is 0 Å². The average Bonchev–Trinajstić information content (AvgIpc) is 2.97. The van der Waals surface area contributed by atoms with Crippen LogP contribution in [-0.4, -0.2) is 39.0 Å². The summed E-state index contributed by atoms with van der Waals surface area (Å²) in [6, 6.07) is 17.7. The minimum atomic E-state index is -4.48. The number of unbranched alkanes of at least 4 members (excludes halogenated alkanes) is 4. The van der Waals surface area contributed by atoms with Crippen molar-refractivity contribution in [3.05, 3.63) is 95.1 Å². The number of hydrogen-bond donors (Lipinski definition) is 2. The minimum absolute atomic E-state index is 0.305. The van der Waals surface area contributed by atoms with E-state index in [1.165, 1.54) is 87.1 Å². The molecule has 226 valence electrons. The molecule has 0 unspecified atom stereocenters. The van der Waals surface area contributed by atoms with Gasteiger partial charge in [0.25, 0.3) is 0 Å². The highest BCUT2D eigenvalue weighted by atomic mass is 32.2. The Hall–Kier alpha value is -3.48. The molecule has 0 aliphatic heterocycles. The molecule has 8 nitrogen and oxygen atoms in total. The molecule has 6 N–H and O–H groups in total. The summed E-state index contributed by atoms with van der Waals surface area (Å²) in [6.45, 7) is 6.62. The summed E-state index contributed by atoms with van der Waals surface area (Å²) in [5.41, 5.74) is 10.0. The fourth-order valence-electron chi connectivity index (χ4n) is 3.19. The molecular formula is C32H40N2O6S2. The lowest BCUT2D eigenvalue weighted by atomic mass is 10.1. The average molecular weight is 613 g/mol. The molecule has 3 aromatic carbocycles. The van der Waals surface area contributed by atoms with E-state index in [0.29, 0.717) is 22.3 Å². The highest BCUT2D eigenvalue weighted by Gasteiger charge is 2.00. The van der Waals surface area contributed by atoms with Crippen molar-refractivity contribution in [2.45, 2.75) is 62.2 Å². The van der Waals surface area contributed by atoms with E-state index >= 15 is 0 Å². The van der Waals surface area contributed by atoms with Gasteiger partial charge in [-0.3, -0.25) is 0 Å². The van der Waals surface area contributed by atoms with Crippen LogP contribution in [-0.2, 0) is 20.2 Å². The van der Waals surface area contributed by atoms with Gasteiger partial charge in [0, 0.05) is 22.3 Å². The summed E-state index contributed by atoms with van der Waals surface area (Å²) in [4.78, 5) is -0.611. The van der Waals surface area contributed by atoms with Crippen LogP contribution in [0.15, 0.2) is 82.6 Å². The first-order chi connectivity index (χ1) is 19.9. The van der Waals surface area contributed by atoms with E-state index < -0.39 is 20.2 Å². The molecule has 0 aliphatic rings. The normalized spacial score (nSPS) is 10.4. The predicted octanol–water partition coefficient (Wildman–Crippen LogP) is 3.13. The van der Waals surface area contributed by atoms with Crippen LogP contribution in [0.3, 0.4) is 0 Å². The van der Waals surface area contributed by atoms with Gasteiger partial charge < -0.3 is 20.6 Å². The van der Waals surface area contributed by atoms with Crippen molar-refractivity contribution in [3.63, 3.8) is 0 Å². The molecule has 0 aromatic heterocycles. The van der Waals surface area contributed by atoms with Gasteiger partial charge in [-0.25, -0.2) is 16.8 Å². The topological polar surface area (TPSA) is 170 Å². The van der Waals surface area contributed by atoms with Gasteiger partial charge in [-0.15, -0.1) is 0 Å². The molecular weight excluding hydrogens is 572 g/mol. The maximum atomic E-state index is 10.9. The summed E-state index contributed by atoms with van der Waals surface area (Å²) in [6.07, 6.45) is 7.94. The van der Waals surface area contributed by atoms with E-state index in [2.05, 4.69) is 49.0 Å². The lowest BCUT2D eigenvalue weighted by Crippen LogP contribution is -2.50. The summed E-state index contributed by atoms with van der Waals surface area (Å²) in [5, 5.41) is 0. The van der Waals surface area contributed by atoms with Crippen molar-refractivity contribution in [2.24, 2.45) is 0 Å². The van der Waals surface area contributed by atoms with Crippen LogP contribution in [0.4, 0.5) is 0 Å². The van der Waals surface area contributed by atoms with Crippen LogP contribution < -0.4 is 11.5 Å². The molecule has 10 heteroatoms. The first-order valence-corrected chi connectivity index (χ1v) is 16.6. The highest BCUT2D eigenvalue weighted by molar-refractivity contribution is 7.86. The fourth-order valence-corrected chi connectivity index (χ4v) is 4.13. The Morgan fingerprint density at radius 2 is 0.738 bits per heavy atom. The predicted molar refractivity (Wildman–Crippen MR) is 162 cm³/mol. The minimum Gasteiger partial charge on any atom is -0.744 e. The Kier molecular flexibility index (Phi) is 17.1. The molecule has 0 saturated heterocycles. The largest absolute Gasteiger partial charge is 0.744 e. The van der Waals surface area contributed by atoms with E-state index in [0.717, 1.165) is 13.1 Å². The highest BCUT2D eigenvalue weighted by Crippen LogP contribution is 2.11. The summed E-state index contributed by atoms with van der Waals surface area (Å²) < 4.78 is 65.5. The number of hydrogen-bond acceptors (Lipinski definition) is 6. The Bertz CT molecular complexity index is 1420. The van der Waals surface area contributed by atoms with Gasteiger partial charge in [-0.05, 0) is 98.5 Å². The van der Waals surface area contributed by atoms with Crippen LogP contribution >= 0.6 is 0 Å². The van der Waals surface area contributed by atoms with E-state index in [4.69, 9.17) is 0 Å². The second-order valence-corrected chi connectivity index (χ2v) is 11.9. The summed E-state index contributed by atoms with van der Waals surface area (Å²) in [7, 11) is -8.96. The fraction of sp³-hybridized carbons (Fsp3) is 0.312. The van der Waals surface area contributed by atoms with Gasteiger partial charge in [0.2, 0.25) is 0 Å². The number of benzene rings is 3. The zero-order valence-electron chi connectivity index (χ0n) is 24.3. The van der Waals surface area contributed by atoms with Crippen molar-refractivity contribution < 1.29 is 37.4 Å². The van der Waals surface area contributed by atoms with Crippen molar-refractivity contribution in [2.75, 3.05) is 13.1 Å². The van der Waals surface area contributed by atoms with Gasteiger partial charge >= 0.3 is 0 Å².